The van der Waals surface area contributed by atoms with Gasteiger partial charge in [0.2, 0.25) is 0 Å². The number of ether oxygens (including phenoxy) is 1. The van der Waals surface area contributed by atoms with Crippen molar-refractivity contribution in [2.45, 2.75) is 32.2 Å². The molecule has 0 bridgehead atoms. The van der Waals surface area contributed by atoms with E-state index in [0.29, 0.717) is 12.6 Å². The lowest BCUT2D eigenvalue weighted by Crippen LogP contribution is -2.44. The molecule has 0 aromatic carbocycles. The number of rotatable bonds is 4. The predicted octanol–water partition coefficient (Wildman–Crippen LogP) is 1.08. The van der Waals surface area contributed by atoms with Crippen LogP contribution in [0.3, 0.4) is 0 Å². The Morgan fingerprint density at radius 1 is 1.43 bits per heavy atom. The Kier molecular flexibility index (Phi) is 5.45. The highest BCUT2D eigenvalue weighted by Gasteiger charge is 2.20. The van der Waals surface area contributed by atoms with E-state index in [0.717, 1.165) is 12.5 Å². The molecule has 0 radical (unpaired) electrons. The molecule has 14 heavy (non-hydrogen) atoms. The SMILES string of the molecule is COCC(CN)N1CCCC(C)CC1. The summed E-state index contributed by atoms with van der Waals surface area (Å²) in [6.07, 6.45) is 3.97. The van der Waals surface area contributed by atoms with Gasteiger partial charge >= 0.3 is 0 Å². The Morgan fingerprint density at radius 3 is 2.86 bits per heavy atom. The Balaban J connectivity index is 2.40. The van der Waals surface area contributed by atoms with Crippen molar-refractivity contribution in [1.82, 2.24) is 4.90 Å². The van der Waals surface area contributed by atoms with Crippen molar-refractivity contribution in [2.24, 2.45) is 11.7 Å². The van der Waals surface area contributed by atoms with Crippen LogP contribution in [0.4, 0.5) is 0 Å². The van der Waals surface area contributed by atoms with Gasteiger partial charge in [-0.25, -0.2) is 0 Å². The fourth-order valence-corrected chi connectivity index (χ4v) is 2.17. The Morgan fingerprint density at radius 2 is 2.21 bits per heavy atom. The highest BCUT2D eigenvalue weighted by Crippen LogP contribution is 2.17. The first-order valence-electron chi connectivity index (χ1n) is 5.71. The van der Waals surface area contributed by atoms with E-state index in [1.54, 1.807) is 7.11 Å². The van der Waals surface area contributed by atoms with Gasteiger partial charge in [-0.2, -0.15) is 0 Å². The molecule has 1 fully saturated rings. The Labute approximate surface area is 87.6 Å². The molecule has 0 spiro atoms. The van der Waals surface area contributed by atoms with E-state index in [4.69, 9.17) is 10.5 Å². The van der Waals surface area contributed by atoms with Crippen molar-refractivity contribution < 1.29 is 4.74 Å². The molecule has 0 amide bonds. The third kappa shape index (κ3) is 3.56. The van der Waals surface area contributed by atoms with Gasteiger partial charge in [0.1, 0.15) is 0 Å². The molecule has 1 heterocycles. The summed E-state index contributed by atoms with van der Waals surface area (Å²) < 4.78 is 5.19. The summed E-state index contributed by atoms with van der Waals surface area (Å²) in [6.45, 7) is 6.20. The minimum atomic E-state index is 0.422. The molecule has 3 nitrogen and oxygen atoms in total. The van der Waals surface area contributed by atoms with Crippen LogP contribution in [0.1, 0.15) is 26.2 Å². The van der Waals surface area contributed by atoms with Gasteiger partial charge in [-0.1, -0.05) is 6.92 Å². The molecule has 2 N–H and O–H groups in total. The average molecular weight is 200 g/mol. The van der Waals surface area contributed by atoms with Crippen molar-refractivity contribution in [1.29, 1.82) is 0 Å². The minimum Gasteiger partial charge on any atom is -0.383 e. The zero-order chi connectivity index (χ0) is 10.4. The minimum absolute atomic E-state index is 0.422. The standard InChI is InChI=1S/C11H24N2O/c1-10-4-3-6-13(7-5-10)11(8-12)9-14-2/h10-11H,3-9,12H2,1-2H3. The van der Waals surface area contributed by atoms with Crippen LogP contribution in [0.5, 0.6) is 0 Å². The lowest BCUT2D eigenvalue weighted by atomic mass is 10.0. The normalized spacial score (nSPS) is 27.2. The molecule has 0 aromatic heterocycles. The third-order valence-electron chi connectivity index (χ3n) is 3.20. The van der Waals surface area contributed by atoms with E-state index in [9.17, 15) is 0 Å². The van der Waals surface area contributed by atoms with Gasteiger partial charge in [0.15, 0.2) is 0 Å². The maximum Gasteiger partial charge on any atom is 0.0630 e. The van der Waals surface area contributed by atoms with Crippen LogP contribution in [0.2, 0.25) is 0 Å². The smallest absolute Gasteiger partial charge is 0.0630 e. The molecular weight excluding hydrogens is 176 g/mol. The summed E-state index contributed by atoms with van der Waals surface area (Å²) in [5.41, 5.74) is 5.75. The van der Waals surface area contributed by atoms with E-state index in [2.05, 4.69) is 11.8 Å². The van der Waals surface area contributed by atoms with Gasteiger partial charge in [-0.15, -0.1) is 0 Å². The van der Waals surface area contributed by atoms with Crippen LogP contribution in [0, 0.1) is 5.92 Å². The van der Waals surface area contributed by atoms with Crippen molar-refractivity contribution in [3.63, 3.8) is 0 Å². The summed E-state index contributed by atoms with van der Waals surface area (Å²) in [5, 5.41) is 0. The largest absolute Gasteiger partial charge is 0.383 e. The number of hydrogen-bond acceptors (Lipinski definition) is 3. The molecular formula is C11H24N2O. The van der Waals surface area contributed by atoms with Crippen LogP contribution in [-0.4, -0.2) is 44.3 Å². The van der Waals surface area contributed by atoms with E-state index < -0.39 is 0 Å². The van der Waals surface area contributed by atoms with E-state index in [-0.39, 0.29) is 0 Å². The van der Waals surface area contributed by atoms with Gasteiger partial charge in [-0.3, -0.25) is 4.90 Å². The van der Waals surface area contributed by atoms with E-state index in [1.165, 1.54) is 32.4 Å². The molecule has 1 aliphatic heterocycles. The van der Waals surface area contributed by atoms with E-state index >= 15 is 0 Å². The average Bonchev–Trinajstić information content (AvgIpc) is 2.40. The second-order valence-electron chi connectivity index (χ2n) is 4.42. The summed E-state index contributed by atoms with van der Waals surface area (Å²) in [4.78, 5) is 2.49. The summed E-state index contributed by atoms with van der Waals surface area (Å²) in [5.74, 6) is 0.876. The second kappa shape index (κ2) is 6.38. The first-order chi connectivity index (χ1) is 6.77. The Bertz CT molecular complexity index is 152. The summed E-state index contributed by atoms with van der Waals surface area (Å²) in [7, 11) is 1.75. The Hall–Kier alpha value is -0.120. The molecule has 1 aliphatic rings. The van der Waals surface area contributed by atoms with Crippen LogP contribution >= 0.6 is 0 Å². The first-order valence-corrected chi connectivity index (χ1v) is 5.71. The highest BCUT2D eigenvalue weighted by molar-refractivity contribution is 4.76. The van der Waals surface area contributed by atoms with E-state index in [1.807, 2.05) is 0 Å². The fourth-order valence-electron chi connectivity index (χ4n) is 2.17. The molecule has 0 aliphatic carbocycles. The molecule has 2 unspecified atom stereocenters. The van der Waals surface area contributed by atoms with Crippen molar-refractivity contribution >= 4 is 0 Å². The highest BCUT2D eigenvalue weighted by atomic mass is 16.5. The quantitative estimate of drug-likeness (QED) is 0.738. The van der Waals surface area contributed by atoms with Crippen molar-refractivity contribution in [3.8, 4) is 0 Å². The third-order valence-corrected chi connectivity index (χ3v) is 3.20. The molecule has 3 heteroatoms. The zero-order valence-corrected chi connectivity index (χ0v) is 9.54. The topological polar surface area (TPSA) is 38.5 Å². The second-order valence-corrected chi connectivity index (χ2v) is 4.42. The molecule has 2 atom stereocenters. The number of nitrogens with two attached hydrogens (primary N) is 1. The maximum absolute atomic E-state index is 5.75. The van der Waals surface area contributed by atoms with Crippen LogP contribution in [0.15, 0.2) is 0 Å². The van der Waals surface area contributed by atoms with Gasteiger partial charge in [0.05, 0.1) is 6.61 Å². The van der Waals surface area contributed by atoms with Crippen molar-refractivity contribution in [2.75, 3.05) is 33.4 Å². The van der Waals surface area contributed by atoms with Crippen LogP contribution in [-0.2, 0) is 4.74 Å². The number of hydrogen-bond donors (Lipinski definition) is 1. The van der Waals surface area contributed by atoms with Crippen molar-refractivity contribution in [3.05, 3.63) is 0 Å². The summed E-state index contributed by atoms with van der Waals surface area (Å²) in [6, 6.07) is 0.422. The molecule has 1 saturated heterocycles. The predicted molar refractivity (Wildman–Crippen MR) is 59.3 cm³/mol. The monoisotopic (exact) mass is 200 g/mol. The lowest BCUT2D eigenvalue weighted by Gasteiger charge is -2.29. The lowest BCUT2D eigenvalue weighted by molar-refractivity contribution is 0.0956. The van der Waals surface area contributed by atoms with Gasteiger partial charge in [0.25, 0.3) is 0 Å². The zero-order valence-electron chi connectivity index (χ0n) is 9.54. The van der Waals surface area contributed by atoms with Crippen LogP contribution in [0.25, 0.3) is 0 Å². The molecule has 0 saturated carbocycles. The fraction of sp³-hybridized carbons (Fsp3) is 1.00. The molecule has 0 aromatic rings. The maximum atomic E-state index is 5.75. The number of methoxy groups -OCH3 is 1. The number of likely N-dealkylation sites (tertiary alicyclic amines) is 1. The first kappa shape index (κ1) is 12.0. The number of nitrogens with zero attached hydrogens (tertiary/aromatic N) is 1. The summed E-state index contributed by atoms with van der Waals surface area (Å²) >= 11 is 0. The van der Waals surface area contributed by atoms with Gasteiger partial charge in [-0.05, 0) is 38.3 Å². The molecule has 84 valence electrons. The van der Waals surface area contributed by atoms with Gasteiger partial charge in [0, 0.05) is 19.7 Å². The molecule has 1 rings (SSSR count). The van der Waals surface area contributed by atoms with Crippen LogP contribution < -0.4 is 5.73 Å². The van der Waals surface area contributed by atoms with Gasteiger partial charge < -0.3 is 10.5 Å².